The van der Waals surface area contributed by atoms with Crippen LogP contribution in [-0.2, 0) is 9.26 Å². The van der Waals surface area contributed by atoms with Gasteiger partial charge in [0, 0.05) is 5.39 Å². The van der Waals surface area contributed by atoms with Crippen LogP contribution in [0, 0.1) is 0 Å². The Morgan fingerprint density at radius 3 is 2.48 bits per heavy atom. The van der Waals surface area contributed by atoms with E-state index in [9.17, 15) is 9.69 Å². The van der Waals surface area contributed by atoms with Crippen molar-refractivity contribution < 1.29 is 23.5 Å². The summed E-state index contributed by atoms with van der Waals surface area (Å²) in [5, 5.41) is 4.03. The first-order valence-electron chi connectivity index (χ1n) is 6.97. The highest BCUT2D eigenvalue weighted by Crippen LogP contribution is 2.54. The van der Waals surface area contributed by atoms with Crippen LogP contribution in [0.5, 0.6) is 5.75 Å². The first kappa shape index (κ1) is 15.5. The molecular formula is C17H16O5P+. The lowest BCUT2D eigenvalue weighted by Gasteiger charge is -2.14. The predicted molar refractivity (Wildman–Crippen MR) is 90.6 cm³/mol. The minimum atomic E-state index is -3.38. The van der Waals surface area contributed by atoms with Crippen LogP contribution >= 0.6 is 7.94 Å². The molecule has 5 nitrogen and oxygen atoms in total. The highest BCUT2D eigenvalue weighted by molar-refractivity contribution is 7.60. The highest BCUT2D eigenvalue weighted by atomic mass is 31.2. The van der Waals surface area contributed by atoms with Gasteiger partial charge in [-0.1, -0.05) is 42.5 Å². The second-order valence-electron chi connectivity index (χ2n) is 5.08. The van der Waals surface area contributed by atoms with Gasteiger partial charge in [0.2, 0.25) is 0 Å². The summed E-state index contributed by atoms with van der Waals surface area (Å²) in [6.45, 7) is 1.34. The molecule has 0 aliphatic carbocycles. The molecule has 3 aromatic carbocycles. The Morgan fingerprint density at radius 2 is 1.70 bits per heavy atom. The number of ether oxygens (including phenoxy) is 1. The number of hydrogen-bond donors (Lipinski definition) is 1. The molecule has 0 aliphatic heterocycles. The van der Waals surface area contributed by atoms with E-state index < -0.39 is 14.1 Å². The number of carbonyl (C=O) groups is 1. The van der Waals surface area contributed by atoms with Gasteiger partial charge in [-0.05, 0) is 28.3 Å². The minimum Gasteiger partial charge on any atom is -0.435 e. The monoisotopic (exact) mass is 331 g/mol. The van der Waals surface area contributed by atoms with E-state index in [-0.39, 0.29) is 0 Å². The molecule has 1 atom stereocenters. The number of hydrogen-bond acceptors (Lipinski definition) is 5. The summed E-state index contributed by atoms with van der Waals surface area (Å²) >= 11 is 0. The largest absolute Gasteiger partial charge is 0.552 e. The molecule has 3 rings (SSSR count). The van der Waals surface area contributed by atoms with Gasteiger partial charge in [-0.15, -0.1) is 0 Å². The van der Waals surface area contributed by atoms with Crippen LogP contribution in [0.1, 0.15) is 0 Å². The topological polar surface area (TPSA) is 65.0 Å². The Balaban J connectivity index is 2.05. The Bertz CT molecular complexity index is 875. The second-order valence-corrected chi connectivity index (χ2v) is 7.05. The van der Waals surface area contributed by atoms with Crippen molar-refractivity contribution in [3.05, 3.63) is 54.6 Å². The maximum atomic E-state index is 11.2. The van der Waals surface area contributed by atoms with E-state index in [1.807, 2.05) is 48.5 Å². The number of carbonyl (C=O) groups excluding carboxylic acids is 1. The summed E-state index contributed by atoms with van der Waals surface area (Å²) in [6, 6.07) is 17.5. The first-order valence-corrected chi connectivity index (χ1v) is 8.99. The van der Waals surface area contributed by atoms with Crippen molar-refractivity contribution in [1.82, 2.24) is 0 Å². The SMILES string of the molecule is COC(=O)O[P+](C)(O)Oc1cccc2c1ccc1ccccc12. The first-order chi connectivity index (χ1) is 11.0. The van der Waals surface area contributed by atoms with Crippen LogP contribution in [0.2, 0.25) is 0 Å². The molecule has 118 valence electrons. The zero-order valence-corrected chi connectivity index (χ0v) is 13.6. The van der Waals surface area contributed by atoms with Gasteiger partial charge in [0.05, 0.1) is 7.11 Å². The van der Waals surface area contributed by atoms with E-state index in [0.29, 0.717) is 5.75 Å². The lowest BCUT2D eigenvalue weighted by Crippen LogP contribution is -2.10. The summed E-state index contributed by atoms with van der Waals surface area (Å²) in [6.07, 6.45) is -0.978. The number of rotatable bonds is 3. The highest BCUT2D eigenvalue weighted by Gasteiger charge is 2.40. The zero-order chi connectivity index (χ0) is 16.4. The van der Waals surface area contributed by atoms with E-state index in [2.05, 4.69) is 4.74 Å². The standard InChI is InChI=1S/C17H16O5P/c1-20-17(18)22-23(2,19)21-16-9-5-8-14-13-7-4-3-6-12(13)10-11-15(14)16/h3-11,19H,1-2H3/q+1. The average molecular weight is 331 g/mol. The quantitative estimate of drug-likeness (QED) is 0.434. The smallest absolute Gasteiger partial charge is 0.435 e. The summed E-state index contributed by atoms with van der Waals surface area (Å²) in [5.41, 5.74) is 0. The van der Waals surface area contributed by atoms with Gasteiger partial charge in [0.1, 0.15) is 6.66 Å². The molecule has 0 heterocycles. The molecule has 0 saturated carbocycles. The molecule has 23 heavy (non-hydrogen) atoms. The van der Waals surface area contributed by atoms with Gasteiger partial charge in [0.25, 0.3) is 0 Å². The van der Waals surface area contributed by atoms with Crippen molar-refractivity contribution in [1.29, 1.82) is 0 Å². The molecule has 3 aromatic rings. The van der Waals surface area contributed by atoms with Crippen molar-refractivity contribution in [2.24, 2.45) is 0 Å². The molecule has 0 aromatic heterocycles. The number of fused-ring (bicyclic) bond motifs is 3. The molecule has 1 unspecified atom stereocenters. The van der Waals surface area contributed by atoms with Crippen LogP contribution in [0.4, 0.5) is 4.79 Å². The van der Waals surface area contributed by atoms with E-state index in [4.69, 9.17) is 9.05 Å². The Morgan fingerprint density at radius 1 is 0.957 bits per heavy atom. The number of benzene rings is 3. The van der Waals surface area contributed by atoms with E-state index in [0.717, 1.165) is 21.5 Å². The van der Waals surface area contributed by atoms with Crippen molar-refractivity contribution in [2.45, 2.75) is 0 Å². The minimum absolute atomic E-state index is 0.454. The fourth-order valence-corrected chi connectivity index (χ4v) is 3.38. The lowest BCUT2D eigenvalue weighted by atomic mass is 10.0. The molecule has 0 amide bonds. The molecular weight excluding hydrogens is 315 g/mol. The second kappa shape index (κ2) is 6.03. The molecule has 0 fully saturated rings. The lowest BCUT2D eigenvalue weighted by molar-refractivity contribution is 0.113. The van der Waals surface area contributed by atoms with Gasteiger partial charge in [-0.25, -0.2) is 0 Å². The van der Waals surface area contributed by atoms with Crippen molar-refractivity contribution in [3.8, 4) is 5.75 Å². The molecule has 6 heteroatoms. The van der Waals surface area contributed by atoms with Crippen LogP contribution in [0.25, 0.3) is 21.5 Å². The van der Waals surface area contributed by atoms with Crippen LogP contribution in [-0.4, -0.2) is 24.8 Å². The van der Waals surface area contributed by atoms with Gasteiger partial charge >= 0.3 is 14.1 Å². The predicted octanol–water partition coefficient (Wildman–Crippen LogP) is 4.54. The van der Waals surface area contributed by atoms with Gasteiger partial charge < -0.3 is 4.74 Å². The molecule has 1 N–H and O–H groups in total. The Hall–Kier alpha value is -2.36. The Kier molecular flexibility index (Phi) is 4.07. The molecule has 0 saturated heterocycles. The Labute approximate surface area is 134 Å². The molecule has 0 spiro atoms. The van der Waals surface area contributed by atoms with E-state index >= 15 is 0 Å². The van der Waals surface area contributed by atoms with Gasteiger partial charge in [0.15, 0.2) is 5.75 Å². The van der Waals surface area contributed by atoms with Crippen molar-refractivity contribution >= 4 is 35.6 Å². The van der Waals surface area contributed by atoms with E-state index in [1.54, 1.807) is 6.07 Å². The third-order valence-corrected chi connectivity index (χ3v) is 4.45. The van der Waals surface area contributed by atoms with Gasteiger partial charge in [-0.2, -0.15) is 14.2 Å². The molecule has 0 radical (unpaired) electrons. The average Bonchev–Trinajstić information content (AvgIpc) is 2.54. The number of methoxy groups -OCH3 is 1. The third-order valence-electron chi connectivity index (χ3n) is 3.42. The van der Waals surface area contributed by atoms with Crippen LogP contribution in [0.3, 0.4) is 0 Å². The maximum Gasteiger partial charge on any atom is 0.552 e. The maximum absolute atomic E-state index is 11.2. The fourth-order valence-electron chi connectivity index (χ4n) is 2.47. The fraction of sp³-hybridized carbons (Fsp3) is 0.118. The summed E-state index contributed by atoms with van der Waals surface area (Å²) < 4.78 is 14.8. The summed E-state index contributed by atoms with van der Waals surface area (Å²) in [5.74, 6) is 0.454. The third kappa shape index (κ3) is 3.21. The summed E-state index contributed by atoms with van der Waals surface area (Å²) in [4.78, 5) is 21.4. The normalized spacial score (nSPS) is 13.5. The van der Waals surface area contributed by atoms with E-state index in [1.165, 1.54) is 13.8 Å². The van der Waals surface area contributed by atoms with Crippen LogP contribution in [0.15, 0.2) is 54.6 Å². The molecule has 0 bridgehead atoms. The van der Waals surface area contributed by atoms with Crippen molar-refractivity contribution in [2.75, 3.05) is 13.8 Å². The van der Waals surface area contributed by atoms with Crippen molar-refractivity contribution in [3.63, 3.8) is 0 Å². The zero-order valence-electron chi connectivity index (χ0n) is 12.7. The summed E-state index contributed by atoms with van der Waals surface area (Å²) in [7, 11) is -2.20. The van der Waals surface area contributed by atoms with Gasteiger partial charge in [-0.3, -0.25) is 4.52 Å². The molecule has 0 aliphatic rings. The van der Waals surface area contributed by atoms with Crippen LogP contribution < -0.4 is 4.52 Å².